The highest BCUT2D eigenvalue weighted by molar-refractivity contribution is 5.96. The molecule has 0 aliphatic rings. The zero-order chi connectivity index (χ0) is 18.4. The summed E-state index contributed by atoms with van der Waals surface area (Å²) in [6.07, 6.45) is -4.56. The van der Waals surface area contributed by atoms with E-state index in [4.69, 9.17) is 10.5 Å². The van der Waals surface area contributed by atoms with Crippen LogP contribution in [0.15, 0.2) is 48.5 Å². The maximum absolute atomic E-state index is 12.6. The van der Waals surface area contributed by atoms with Gasteiger partial charge in [-0.2, -0.15) is 13.2 Å². The SMILES string of the molecule is Nc1cc(C(F)(F)F)ccc1C(=O)OCC(=O)NCc1ccccc1. The van der Waals surface area contributed by atoms with E-state index in [0.29, 0.717) is 6.07 Å². The fraction of sp³-hybridized carbons (Fsp3) is 0.176. The number of rotatable bonds is 5. The molecule has 0 bridgehead atoms. The number of nitrogens with one attached hydrogen (secondary N) is 1. The largest absolute Gasteiger partial charge is 0.452 e. The second-order valence-corrected chi connectivity index (χ2v) is 5.14. The normalized spacial score (nSPS) is 11.0. The molecule has 2 rings (SSSR count). The lowest BCUT2D eigenvalue weighted by Crippen LogP contribution is -2.28. The van der Waals surface area contributed by atoms with Gasteiger partial charge < -0.3 is 15.8 Å². The topological polar surface area (TPSA) is 81.4 Å². The van der Waals surface area contributed by atoms with Gasteiger partial charge >= 0.3 is 12.1 Å². The van der Waals surface area contributed by atoms with Crippen molar-refractivity contribution < 1.29 is 27.5 Å². The second kappa shape index (κ2) is 7.69. The molecule has 0 unspecified atom stereocenters. The average Bonchev–Trinajstić information content (AvgIpc) is 2.58. The lowest BCUT2D eigenvalue weighted by Gasteiger charge is -2.11. The zero-order valence-corrected chi connectivity index (χ0v) is 13.0. The number of carbonyl (C=O) groups excluding carboxylic acids is 2. The molecule has 25 heavy (non-hydrogen) atoms. The summed E-state index contributed by atoms with van der Waals surface area (Å²) in [7, 11) is 0. The third-order valence-corrected chi connectivity index (χ3v) is 3.27. The Kier molecular flexibility index (Phi) is 5.63. The van der Waals surface area contributed by atoms with E-state index >= 15 is 0 Å². The first kappa shape index (κ1) is 18.3. The first-order valence-electron chi connectivity index (χ1n) is 7.22. The van der Waals surface area contributed by atoms with Crippen molar-refractivity contribution in [2.75, 3.05) is 12.3 Å². The monoisotopic (exact) mass is 352 g/mol. The summed E-state index contributed by atoms with van der Waals surface area (Å²) >= 11 is 0. The third-order valence-electron chi connectivity index (χ3n) is 3.27. The zero-order valence-electron chi connectivity index (χ0n) is 13.0. The van der Waals surface area contributed by atoms with E-state index < -0.39 is 30.2 Å². The molecule has 2 aromatic rings. The number of alkyl halides is 3. The van der Waals surface area contributed by atoms with Crippen LogP contribution in [0.25, 0.3) is 0 Å². The van der Waals surface area contributed by atoms with Crippen LogP contribution in [0.3, 0.4) is 0 Å². The van der Waals surface area contributed by atoms with Gasteiger partial charge in [-0.15, -0.1) is 0 Å². The van der Waals surface area contributed by atoms with Crippen LogP contribution in [-0.4, -0.2) is 18.5 Å². The molecule has 5 nitrogen and oxygen atoms in total. The van der Waals surface area contributed by atoms with E-state index in [0.717, 1.165) is 17.7 Å². The van der Waals surface area contributed by atoms with Crippen LogP contribution in [0.5, 0.6) is 0 Å². The summed E-state index contributed by atoms with van der Waals surface area (Å²) in [5, 5.41) is 2.55. The van der Waals surface area contributed by atoms with Gasteiger partial charge in [-0.05, 0) is 23.8 Å². The molecule has 0 fully saturated rings. The van der Waals surface area contributed by atoms with E-state index in [1.807, 2.05) is 30.3 Å². The van der Waals surface area contributed by atoms with Crippen LogP contribution < -0.4 is 11.1 Å². The van der Waals surface area contributed by atoms with Gasteiger partial charge in [0.15, 0.2) is 6.61 Å². The van der Waals surface area contributed by atoms with Crippen LogP contribution >= 0.6 is 0 Å². The molecule has 0 saturated carbocycles. The van der Waals surface area contributed by atoms with Crippen molar-refractivity contribution in [3.05, 3.63) is 65.2 Å². The number of esters is 1. The molecule has 0 radical (unpaired) electrons. The fourth-order valence-electron chi connectivity index (χ4n) is 1.98. The number of carbonyl (C=O) groups is 2. The van der Waals surface area contributed by atoms with E-state index in [2.05, 4.69) is 5.32 Å². The fourth-order valence-corrected chi connectivity index (χ4v) is 1.98. The average molecular weight is 352 g/mol. The second-order valence-electron chi connectivity index (χ2n) is 5.14. The number of hydrogen-bond donors (Lipinski definition) is 2. The highest BCUT2D eigenvalue weighted by Gasteiger charge is 2.31. The highest BCUT2D eigenvalue weighted by atomic mass is 19.4. The first-order valence-corrected chi connectivity index (χ1v) is 7.22. The third kappa shape index (κ3) is 5.23. The van der Waals surface area contributed by atoms with Gasteiger partial charge in [-0.25, -0.2) is 4.79 Å². The van der Waals surface area contributed by atoms with Gasteiger partial charge in [0.1, 0.15) is 0 Å². The Labute approximate surface area is 141 Å². The van der Waals surface area contributed by atoms with Gasteiger partial charge in [-0.1, -0.05) is 30.3 Å². The Morgan fingerprint density at radius 3 is 2.36 bits per heavy atom. The van der Waals surface area contributed by atoms with Crippen LogP contribution in [-0.2, 0) is 22.3 Å². The molecule has 0 heterocycles. The standard InChI is InChI=1S/C17H15F3N2O3/c18-17(19,20)12-6-7-13(14(21)8-12)16(24)25-10-15(23)22-9-11-4-2-1-3-5-11/h1-8H,9-10,21H2,(H,22,23). The van der Waals surface area contributed by atoms with E-state index in [1.165, 1.54) is 0 Å². The minimum absolute atomic E-state index is 0.233. The van der Waals surface area contributed by atoms with Crippen molar-refractivity contribution in [2.45, 2.75) is 12.7 Å². The van der Waals surface area contributed by atoms with Crippen molar-refractivity contribution in [1.82, 2.24) is 5.32 Å². The van der Waals surface area contributed by atoms with Crippen molar-refractivity contribution in [3.63, 3.8) is 0 Å². The highest BCUT2D eigenvalue weighted by Crippen LogP contribution is 2.31. The van der Waals surface area contributed by atoms with Crippen molar-refractivity contribution in [2.24, 2.45) is 0 Å². The smallest absolute Gasteiger partial charge is 0.416 e. The van der Waals surface area contributed by atoms with Crippen LogP contribution in [0.4, 0.5) is 18.9 Å². The Hall–Kier alpha value is -3.03. The maximum atomic E-state index is 12.6. The minimum Gasteiger partial charge on any atom is -0.452 e. The van der Waals surface area contributed by atoms with Crippen LogP contribution in [0.2, 0.25) is 0 Å². The number of hydrogen-bond acceptors (Lipinski definition) is 4. The van der Waals surface area contributed by atoms with E-state index in [1.54, 1.807) is 0 Å². The van der Waals surface area contributed by atoms with Crippen molar-refractivity contribution in [3.8, 4) is 0 Å². The molecule has 0 aromatic heterocycles. The summed E-state index contributed by atoms with van der Waals surface area (Å²) in [5.41, 5.74) is 4.75. The molecule has 3 N–H and O–H groups in total. The molecule has 0 atom stereocenters. The van der Waals surface area contributed by atoms with Crippen molar-refractivity contribution >= 4 is 17.6 Å². The molecule has 0 saturated heterocycles. The predicted octanol–water partition coefficient (Wildman–Crippen LogP) is 2.76. The molecule has 132 valence electrons. The van der Waals surface area contributed by atoms with Gasteiger partial charge in [0.05, 0.1) is 11.1 Å². The number of nitrogens with two attached hydrogens (primary N) is 1. The minimum atomic E-state index is -4.56. The van der Waals surface area contributed by atoms with Gasteiger partial charge in [0.2, 0.25) is 0 Å². The molecule has 2 aromatic carbocycles. The predicted molar refractivity (Wildman–Crippen MR) is 84.4 cm³/mol. The van der Waals surface area contributed by atoms with Gasteiger partial charge in [-0.3, -0.25) is 4.79 Å². The number of nitrogen functional groups attached to an aromatic ring is 1. The van der Waals surface area contributed by atoms with Crippen LogP contribution in [0.1, 0.15) is 21.5 Å². The summed E-state index contributed by atoms with van der Waals surface area (Å²) in [4.78, 5) is 23.5. The maximum Gasteiger partial charge on any atom is 0.416 e. The molecule has 0 aliphatic heterocycles. The Balaban J connectivity index is 1.88. The van der Waals surface area contributed by atoms with Crippen LogP contribution in [0, 0.1) is 0 Å². The number of amides is 1. The summed E-state index contributed by atoms with van der Waals surface area (Å²) in [5.74, 6) is -1.51. The quantitative estimate of drug-likeness (QED) is 0.640. The summed E-state index contributed by atoms with van der Waals surface area (Å²) in [6, 6.07) is 11.4. The number of halogens is 3. The Bertz CT molecular complexity index is 761. The van der Waals surface area contributed by atoms with Gasteiger partial charge in [0.25, 0.3) is 5.91 Å². The number of benzene rings is 2. The lowest BCUT2D eigenvalue weighted by molar-refractivity contribution is -0.137. The summed E-state index contributed by atoms with van der Waals surface area (Å²) in [6.45, 7) is -0.300. The molecular weight excluding hydrogens is 337 g/mol. The number of ether oxygens (including phenoxy) is 1. The molecule has 0 spiro atoms. The Morgan fingerprint density at radius 1 is 1.08 bits per heavy atom. The Morgan fingerprint density at radius 2 is 1.76 bits per heavy atom. The molecule has 0 aliphatic carbocycles. The number of anilines is 1. The molecule has 8 heteroatoms. The van der Waals surface area contributed by atoms with E-state index in [9.17, 15) is 22.8 Å². The lowest BCUT2D eigenvalue weighted by atomic mass is 10.1. The molecular formula is C17H15F3N2O3. The first-order chi connectivity index (χ1) is 11.8. The van der Waals surface area contributed by atoms with Crippen molar-refractivity contribution in [1.29, 1.82) is 0 Å². The molecule has 1 amide bonds. The summed E-state index contributed by atoms with van der Waals surface area (Å²) < 4.78 is 42.4. The van der Waals surface area contributed by atoms with Gasteiger partial charge in [0, 0.05) is 12.2 Å². The van der Waals surface area contributed by atoms with E-state index in [-0.39, 0.29) is 17.8 Å².